The highest BCUT2D eigenvalue weighted by molar-refractivity contribution is 6.03. The molecule has 8 aromatic rings. The fourth-order valence-corrected chi connectivity index (χ4v) is 7.50. The highest BCUT2D eigenvalue weighted by atomic mass is 15.0. The lowest BCUT2D eigenvalue weighted by Crippen LogP contribution is -2.14. The minimum absolute atomic E-state index is 0.194. The van der Waals surface area contributed by atoms with Gasteiger partial charge in [0.25, 0.3) is 0 Å². The van der Waals surface area contributed by atoms with Gasteiger partial charge in [-0.05, 0) is 61.8 Å². The lowest BCUT2D eigenvalue weighted by Gasteiger charge is -2.22. The average molecular weight is 653 g/mol. The molecule has 4 heteroatoms. The van der Waals surface area contributed by atoms with E-state index in [1.165, 1.54) is 27.8 Å². The molecule has 1 aliphatic rings. The summed E-state index contributed by atoms with van der Waals surface area (Å²) >= 11 is 0. The number of hydrogen-bond donors (Lipinski definition) is 0. The lowest BCUT2D eigenvalue weighted by atomic mass is 9.81. The molecule has 1 aromatic heterocycles. The molecule has 0 atom stereocenters. The summed E-state index contributed by atoms with van der Waals surface area (Å²) in [5, 5.41) is 2.30. The molecule has 0 unspecified atom stereocenters. The van der Waals surface area contributed by atoms with E-state index in [2.05, 4.69) is 110 Å². The molecule has 7 aromatic carbocycles. The van der Waals surface area contributed by atoms with Gasteiger partial charge in [0.1, 0.15) is 0 Å². The van der Waals surface area contributed by atoms with Gasteiger partial charge in [-0.15, -0.1) is 0 Å². The Hall–Kier alpha value is -6.70. The molecule has 0 fully saturated rings. The van der Waals surface area contributed by atoms with E-state index in [0.29, 0.717) is 23.2 Å². The van der Waals surface area contributed by atoms with E-state index in [4.69, 9.17) is 21.5 Å². The molecular weight excluding hydrogens is 621 g/mol. The zero-order chi connectivity index (χ0) is 34.5. The highest BCUT2D eigenvalue weighted by Crippen LogP contribution is 2.50. The van der Waals surface area contributed by atoms with Crippen molar-refractivity contribution in [2.45, 2.75) is 19.3 Å². The Kier molecular flexibility index (Phi) is 7.15. The van der Waals surface area contributed by atoms with Crippen molar-refractivity contribution in [2.24, 2.45) is 0 Å². The third kappa shape index (κ3) is 5.19. The first kappa shape index (κ1) is 30.4. The molecule has 0 bridgehead atoms. The SMILES string of the molecule is [C-]#[N+]c1ccc2c(c1)C(C)(C)c1cc(-c3ccc(-c4c(-c5nc(-c6ccccc6)nc(-c6ccccc6)n5)ccc5ccccc45)cc3)ccc1-2. The second kappa shape index (κ2) is 12.0. The van der Waals surface area contributed by atoms with Crippen molar-refractivity contribution < 1.29 is 0 Å². The number of fused-ring (bicyclic) bond motifs is 4. The maximum absolute atomic E-state index is 7.53. The van der Waals surface area contributed by atoms with E-state index < -0.39 is 0 Å². The molecule has 51 heavy (non-hydrogen) atoms. The van der Waals surface area contributed by atoms with Crippen LogP contribution in [0, 0.1) is 6.57 Å². The van der Waals surface area contributed by atoms with Crippen molar-refractivity contribution in [2.75, 3.05) is 0 Å². The minimum atomic E-state index is -0.194. The fourth-order valence-electron chi connectivity index (χ4n) is 7.50. The van der Waals surface area contributed by atoms with Crippen molar-refractivity contribution in [3.8, 4) is 67.5 Å². The van der Waals surface area contributed by atoms with Crippen LogP contribution in [0.4, 0.5) is 5.69 Å². The van der Waals surface area contributed by atoms with Crippen LogP contribution >= 0.6 is 0 Å². The Bertz CT molecular complexity index is 2600. The van der Waals surface area contributed by atoms with Gasteiger partial charge in [0, 0.05) is 27.7 Å². The van der Waals surface area contributed by atoms with E-state index in [1.807, 2.05) is 66.7 Å². The standard InChI is InChI=1S/C47H32N4/c1-47(2)41-28-35(23-25-38(41)39-27-24-36(48-3)29-42(39)47)30-18-20-32(21-19-30)43-37-17-11-10-12-31(37)22-26-40(43)46-50-44(33-13-6-4-7-14-33)49-45(51-46)34-15-8-5-9-16-34/h4-29H,1-2H3. The van der Waals surface area contributed by atoms with Crippen molar-refractivity contribution in [3.63, 3.8) is 0 Å². The Morgan fingerprint density at radius 2 is 0.980 bits per heavy atom. The molecule has 240 valence electrons. The second-order valence-corrected chi connectivity index (χ2v) is 13.6. The van der Waals surface area contributed by atoms with Crippen LogP contribution in [-0.2, 0) is 5.41 Å². The number of nitrogens with zero attached hydrogens (tertiary/aromatic N) is 4. The molecule has 0 saturated carbocycles. The van der Waals surface area contributed by atoms with E-state index in [1.54, 1.807) is 0 Å². The Morgan fingerprint density at radius 3 is 1.65 bits per heavy atom. The predicted molar refractivity (Wildman–Crippen MR) is 208 cm³/mol. The van der Waals surface area contributed by atoms with Crippen LogP contribution in [0.5, 0.6) is 0 Å². The summed E-state index contributed by atoms with van der Waals surface area (Å²) in [7, 11) is 0. The first-order valence-corrected chi connectivity index (χ1v) is 17.1. The number of hydrogen-bond acceptors (Lipinski definition) is 3. The van der Waals surface area contributed by atoms with E-state index in [9.17, 15) is 0 Å². The van der Waals surface area contributed by atoms with Crippen molar-refractivity contribution in [3.05, 3.63) is 180 Å². The third-order valence-corrected chi connectivity index (χ3v) is 10.2. The maximum Gasteiger partial charge on any atom is 0.187 e. The van der Waals surface area contributed by atoms with Crippen molar-refractivity contribution in [1.82, 2.24) is 15.0 Å². The zero-order valence-corrected chi connectivity index (χ0v) is 28.3. The van der Waals surface area contributed by atoms with Crippen molar-refractivity contribution in [1.29, 1.82) is 0 Å². The summed E-state index contributed by atoms with van der Waals surface area (Å²) in [6, 6.07) is 54.7. The van der Waals surface area contributed by atoms with Gasteiger partial charge >= 0.3 is 0 Å². The van der Waals surface area contributed by atoms with E-state index in [-0.39, 0.29) is 5.41 Å². The van der Waals surface area contributed by atoms with Gasteiger partial charge in [0.15, 0.2) is 23.2 Å². The maximum atomic E-state index is 7.53. The number of aromatic nitrogens is 3. The van der Waals surface area contributed by atoms with Gasteiger partial charge in [-0.1, -0.05) is 159 Å². The molecule has 0 N–H and O–H groups in total. The molecule has 0 radical (unpaired) electrons. The first-order valence-electron chi connectivity index (χ1n) is 17.1. The van der Waals surface area contributed by atoms with Crippen LogP contribution < -0.4 is 0 Å². The topological polar surface area (TPSA) is 43.0 Å². The van der Waals surface area contributed by atoms with Crippen LogP contribution in [-0.4, -0.2) is 15.0 Å². The smallest absolute Gasteiger partial charge is 0.187 e. The molecule has 0 amide bonds. The number of rotatable bonds is 5. The summed E-state index contributed by atoms with van der Waals surface area (Å²) in [6.07, 6.45) is 0. The van der Waals surface area contributed by atoms with E-state index in [0.717, 1.165) is 44.2 Å². The van der Waals surface area contributed by atoms with Gasteiger partial charge in [-0.3, -0.25) is 0 Å². The number of benzene rings is 7. The van der Waals surface area contributed by atoms with Crippen LogP contribution in [0.25, 0.3) is 83.2 Å². The first-order chi connectivity index (χ1) is 25.0. The highest BCUT2D eigenvalue weighted by Gasteiger charge is 2.35. The molecule has 1 heterocycles. The normalized spacial score (nSPS) is 12.6. The van der Waals surface area contributed by atoms with Crippen LogP contribution in [0.2, 0.25) is 0 Å². The summed E-state index contributed by atoms with van der Waals surface area (Å²) in [4.78, 5) is 18.8. The Balaban J connectivity index is 1.17. The summed E-state index contributed by atoms with van der Waals surface area (Å²) in [6.45, 7) is 12.1. The molecule has 1 aliphatic carbocycles. The average Bonchev–Trinajstić information content (AvgIpc) is 3.42. The predicted octanol–water partition coefficient (Wildman–Crippen LogP) is 12.2. The Morgan fingerprint density at radius 1 is 0.451 bits per heavy atom. The monoisotopic (exact) mass is 652 g/mol. The van der Waals surface area contributed by atoms with Gasteiger partial charge in [0.2, 0.25) is 0 Å². The van der Waals surface area contributed by atoms with Gasteiger partial charge in [-0.2, -0.15) is 0 Å². The summed E-state index contributed by atoms with van der Waals surface area (Å²) in [5.74, 6) is 1.91. The van der Waals surface area contributed by atoms with Gasteiger partial charge < -0.3 is 0 Å². The largest absolute Gasteiger partial charge is 0.238 e. The van der Waals surface area contributed by atoms with Gasteiger partial charge in [0.05, 0.1) is 6.57 Å². The van der Waals surface area contributed by atoms with Crippen LogP contribution in [0.1, 0.15) is 25.0 Å². The molecule has 0 aliphatic heterocycles. The third-order valence-electron chi connectivity index (χ3n) is 10.2. The molecule has 9 rings (SSSR count). The van der Waals surface area contributed by atoms with E-state index >= 15 is 0 Å². The lowest BCUT2D eigenvalue weighted by molar-refractivity contribution is 0.661. The van der Waals surface area contributed by atoms with Gasteiger partial charge in [-0.25, -0.2) is 19.8 Å². The quantitative estimate of drug-likeness (QED) is 0.174. The molecule has 4 nitrogen and oxygen atoms in total. The molecule has 0 saturated heterocycles. The van der Waals surface area contributed by atoms with Crippen LogP contribution in [0.3, 0.4) is 0 Å². The fraction of sp³-hybridized carbons (Fsp3) is 0.0638. The molecular formula is C47H32N4. The zero-order valence-electron chi connectivity index (χ0n) is 28.3. The summed E-state index contributed by atoms with van der Waals surface area (Å²) in [5.41, 5.74) is 12.8. The summed E-state index contributed by atoms with van der Waals surface area (Å²) < 4.78 is 0. The Labute approximate surface area is 297 Å². The van der Waals surface area contributed by atoms with Crippen molar-refractivity contribution >= 4 is 16.5 Å². The molecule has 0 spiro atoms. The van der Waals surface area contributed by atoms with Crippen LogP contribution in [0.15, 0.2) is 158 Å². The minimum Gasteiger partial charge on any atom is -0.238 e. The second-order valence-electron chi connectivity index (χ2n) is 13.6.